The molecule has 0 fully saturated rings. The van der Waals surface area contributed by atoms with Gasteiger partial charge in [0.05, 0.1) is 4.92 Å². The highest BCUT2D eigenvalue weighted by Crippen LogP contribution is 2.24. The molecule has 1 heterocycles. The number of anilines is 1. The summed E-state index contributed by atoms with van der Waals surface area (Å²) in [7, 11) is 0. The van der Waals surface area contributed by atoms with Gasteiger partial charge < -0.3 is 5.32 Å². The zero-order valence-corrected chi connectivity index (χ0v) is 16.4. The fraction of sp³-hybridized carbons (Fsp3) is 0.353. The van der Waals surface area contributed by atoms with E-state index >= 15 is 0 Å². The number of rotatable bonds is 5. The molecule has 144 valence electrons. The van der Waals surface area contributed by atoms with E-state index in [9.17, 15) is 14.9 Å². The highest BCUT2D eigenvalue weighted by atomic mass is 32.1. The number of hydrogen-bond donors (Lipinski definition) is 3. The van der Waals surface area contributed by atoms with E-state index in [0.717, 1.165) is 17.7 Å². The van der Waals surface area contributed by atoms with Crippen molar-refractivity contribution in [2.45, 2.75) is 40.2 Å². The van der Waals surface area contributed by atoms with Crippen LogP contribution in [0.2, 0.25) is 0 Å². The van der Waals surface area contributed by atoms with Crippen molar-refractivity contribution in [3.63, 3.8) is 0 Å². The third kappa shape index (κ3) is 4.59. The Balaban J connectivity index is 2.00. The highest BCUT2D eigenvalue weighted by molar-refractivity contribution is 7.80. The number of nitrogens with one attached hydrogen (secondary N) is 3. The van der Waals surface area contributed by atoms with Crippen molar-refractivity contribution in [1.29, 1.82) is 0 Å². The van der Waals surface area contributed by atoms with Crippen molar-refractivity contribution >= 4 is 34.6 Å². The Morgan fingerprint density at radius 3 is 2.59 bits per heavy atom. The summed E-state index contributed by atoms with van der Waals surface area (Å²) in [5.41, 5.74) is 7.58. The number of hydrogen-bond acceptors (Lipinski definition) is 5. The summed E-state index contributed by atoms with van der Waals surface area (Å²) in [6.45, 7) is 6.73. The van der Waals surface area contributed by atoms with Crippen molar-refractivity contribution in [2.75, 3.05) is 5.32 Å². The molecule has 0 spiro atoms. The lowest BCUT2D eigenvalue weighted by Gasteiger charge is -2.17. The van der Waals surface area contributed by atoms with Crippen molar-refractivity contribution in [3.05, 3.63) is 51.3 Å². The third-order valence-corrected chi connectivity index (χ3v) is 4.37. The van der Waals surface area contributed by atoms with Gasteiger partial charge in [0.15, 0.2) is 5.11 Å². The Labute approximate surface area is 162 Å². The third-order valence-electron chi connectivity index (χ3n) is 4.16. The molecule has 0 aliphatic heterocycles. The van der Waals surface area contributed by atoms with Crippen LogP contribution in [0.1, 0.15) is 36.8 Å². The summed E-state index contributed by atoms with van der Waals surface area (Å²) in [6.07, 6.45) is 0.839. The summed E-state index contributed by atoms with van der Waals surface area (Å²) < 4.78 is 1.33. The Hall–Kier alpha value is -3.01. The Bertz CT molecular complexity index is 880. The number of nitrogens with zero attached hydrogens (tertiary/aromatic N) is 3. The maximum atomic E-state index is 12.4. The molecule has 0 bridgehead atoms. The van der Waals surface area contributed by atoms with E-state index in [-0.39, 0.29) is 16.5 Å². The molecule has 1 aromatic heterocycles. The van der Waals surface area contributed by atoms with E-state index in [4.69, 9.17) is 12.2 Å². The minimum absolute atomic E-state index is 0.0871. The predicted molar refractivity (Wildman–Crippen MR) is 106 cm³/mol. The van der Waals surface area contributed by atoms with Gasteiger partial charge in [-0.1, -0.05) is 25.1 Å². The van der Waals surface area contributed by atoms with Crippen LogP contribution >= 0.6 is 12.2 Å². The molecule has 1 aromatic carbocycles. The molecule has 3 N–H and O–H groups in total. The summed E-state index contributed by atoms with van der Waals surface area (Å²) in [5, 5.41) is 18.5. The van der Waals surface area contributed by atoms with E-state index in [0.29, 0.717) is 5.69 Å². The van der Waals surface area contributed by atoms with Gasteiger partial charge in [-0.2, -0.15) is 5.10 Å². The van der Waals surface area contributed by atoms with Gasteiger partial charge in [0, 0.05) is 5.69 Å². The quantitative estimate of drug-likeness (QED) is 0.408. The molecule has 1 atom stereocenters. The van der Waals surface area contributed by atoms with Crippen LogP contribution in [0.3, 0.4) is 0 Å². The second kappa shape index (κ2) is 8.58. The van der Waals surface area contributed by atoms with Crippen LogP contribution in [-0.4, -0.2) is 25.7 Å². The standard InChI is InChI=1S/C17H22N6O3S/c1-5-13-8-6-7-9-14(13)18-17(27)20-19-16(24)12(4)22-11(3)15(23(25)26)10(2)21-22/h6-9,12H,5H2,1-4H3,(H,19,24)(H2,18,20,27). The number of hydrazine groups is 1. The minimum atomic E-state index is -0.754. The van der Waals surface area contributed by atoms with Crippen LogP contribution < -0.4 is 16.2 Å². The molecule has 0 saturated carbocycles. The first-order valence-corrected chi connectivity index (χ1v) is 8.81. The second-order valence-electron chi connectivity index (χ2n) is 5.98. The molecule has 0 radical (unpaired) electrons. The molecular weight excluding hydrogens is 368 g/mol. The molecule has 2 aromatic rings. The monoisotopic (exact) mass is 390 g/mol. The number of carbonyl (C=O) groups excluding carboxylic acids is 1. The molecule has 1 amide bonds. The van der Waals surface area contributed by atoms with Crippen molar-refractivity contribution in [3.8, 4) is 0 Å². The van der Waals surface area contributed by atoms with Crippen molar-refractivity contribution in [1.82, 2.24) is 20.6 Å². The second-order valence-corrected chi connectivity index (χ2v) is 6.38. The Morgan fingerprint density at radius 2 is 2.00 bits per heavy atom. The average molecular weight is 390 g/mol. The molecule has 0 aliphatic carbocycles. The van der Waals surface area contributed by atoms with Crippen LogP contribution in [0, 0.1) is 24.0 Å². The maximum absolute atomic E-state index is 12.4. The fourth-order valence-corrected chi connectivity index (χ4v) is 2.89. The van der Waals surface area contributed by atoms with Gasteiger partial charge in [0.25, 0.3) is 5.91 Å². The Morgan fingerprint density at radius 1 is 1.33 bits per heavy atom. The van der Waals surface area contributed by atoms with Gasteiger partial charge in [-0.25, -0.2) is 0 Å². The number of nitro groups is 1. The summed E-state index contributed by atoms with van der Waals surface area (Å²) >= 11 is 5.20. The molecular formula is C17H22N6O3S. The molecule has 9 nitrogen and oxygen atoms in total. The van der Waals surface area contributed by atoms with Gasteiger partial charge in [0.2, 0.25) is 0 Å². The molecule has 2 rings (SSSR count). The number of amides is 1. The molecule has 10 heteroatoms. The van der Waals surface area contributed by atoms with Gasteiger partial charge in [-0.3, -0.25) is 30.4 Å². The van der Waals surface area contributed by atoms with E-state index in [1.54, 1.807) is 13.8 Å². The number of thiocarbonyl (C=S) groups is 1. The minimum Gasteiger partial charge on any atom is -0.331 e. The lowest BCUT2D eigenvalue weighted by molar-refractivity contribution is -0.386. The van der Waals surface area contributed by atoms with Crippen molar-refractivity contribution in [2.24, 2.45) is 0 Å². The SMILES string of the molecule is CCc1ccccc1NC(=S)NNC(=O)C(C)n1nc(C)c([N+](=O)[O-])c1C. The number of carbonyl (C=O) groups is 1. The number of benzene rings is 1. The first-order chi connectivity index (χ1) is 12.8. The largest absolute Gasteiger partial charge is 0.331 e. The van der Waals surface area contributed by atoms with Crippen molar-refractivity contribution < 1.29 is 9.72 Å². The van der Waals surface area contributed by atoms with Crippen LogP contribution in [0.15, 0.2) is 24.3 Å². The normalized spacial score (nSPS) is 11.6. The number of aromatic nitrogens is 2. The smallest absolute Gasteiger partial charge is 0.312 e. The number of para-hydroxylation sites is 1. The first kappa shape index (κ1) is 20.3. The van der Waals surface area contributed by atoms with Gasteiger partial charge in [-0.05, 0) is 51.0 Å². The molecule has 1 unspecified atom stereocenters. The average Bonchev–Trinajstić information content (AvgIpc) is 2.93. The maximum Gasteiger partial charge on any atom is 0.312 e. The van der Waals surface area contributed by atoms with E-state index in [1.165, 1.54) is 11.6 Å². The summed E-state index contributed by atoms with van der Waals surface area (Å²) in [4.78, 5) is 23.0. The van der Waals surface area contributed by atoms with Crippen LogP contribution in [-0.2, 0) is 11.2 Å². The van der Waals surface area contributed by atoms with Crippen LogP contribution in [0.5, 0.6) is 0 Å². The lowest BCUT2D eigenvalue weighted by atomic mass is 10.1. The van der Waals surface area contributed by atoms with E-state index < -0.39 is 16.9 Å². The lowest BCUT2D eigenvalue weighted by Crippen LogP contribution is -2.46. The zero-order valence-electron chi connectivity index (χ0n) is 15.6. The summed E-state index contributed by atoms with van der Waals surface area (Å²) in [6, 6.07) is 6.96. The highest BCUT2D eigenvalue weighted by Gasteiger charge is 2.27. The van der Waals surface area contributed by atoms with Crippen LogP contribution in [0.25, 0.3) is 0 Å². The molecule has 0 saturated heterocycles. The predicted octanol–water partition coefficient (Wildman–Crippen LogP) is 2.55. The van der Waals surface area contributed by atoms with Gasteiger partial charge in [0.1, 0.15) is 17.4 Å². The zero-order chi connectivity index (χ0) is 20.1. The first-order valence-electron chi connectivity index (χ1n) is 8.41. The molecule has 27 heavy (non-hydrogen) atoms. The van der Waals surface area contributed by atoms with Gasteiger partial charge >= 0.3 is 5.69 Å². The summed E-state index contributed by atoms with van der Waals surface area (Å²) in [5.74, 6) is -0.427. The van der Waals surface area contributed by atoms with E-state index in [2.05, 4.69) is 21.3 Å². The topological polar surface area (TPSA) is 114 Å². The Kier molecular flexibility index (Phi) is 6.45. The molecule has 0 aliphatic rings. The van der Waals surface area contributed by atoms with E-state index in [1.807, 2.05) is 31.2 Å². The van der Waals surface area contributed by atoms with Gasteiger partial charge in [-0.15, -0.1) is 0 Å². The number of aryl methyl sites for hydroxylation is 2. The fourth-order valence-electron chi connectivity index (χ4n) is 2.73. The van der Waals surface area contributed by atoms with Crippen LogP contribution in [0.4, 0.5) is 11.4 Å².